The number of nitrogens with zero attached hydrogens (tertiary/aromatic N) is 2. The van der Waals surface area contributed by atoms with Crippen LogP contribution in [-0.4, -0.2) is 9.55 Å². The van der Waals surface area contributed by atoms with Crippen molar-refractivity contribution >= 4 is 54.5 Å². The second-order valence-electron chi connectivity index (χ2n) is 12.7. The number of benzene rings is 8. The van der Waals surface area contributed by atoms with Crippen molar-refractivity contribution in [2.75, 3.05) is 0 Å². The maximum absolute atomic E-state index is 6.42. The van der Waals surface area contributed by atoms with Crippen LogP contribution in [0, 0.1) is 6.92 Å². The summed E-state index contributed by atoms with van der Waals surface area (Å²) in [6, 6.07) is 58.5. The van der Waals surface area contributed by atoms with Gasteiger partial charge in [-0.2, -0.15) is 0 Å². The van der Waals surface area contributed by atoms with Gasteiger partial charge in [0, 0.05) is 16.3 Å². The predicted molar refractivity (Wildman–Crippen MR) is 204 cm³/mol. The second-order valence-corrected chi connectivity index (χ2v) is 12.7. The first-order valence-electron chi connectivity index (χ1n) is 16.7. The summed E-state index contributed by atoms with van der Waals surface area (Å²) in [5, 5.41) is 7.08. The summed E-state index contributed by atoms with van der Waals surface area (Å²) in [5.74, 6) is 0.962. The standard InChI is InChI=1S/C46H30N2O/c1-29-47-39-21-9-11-23-41(39)48(29)40-22-10-7-18-35(40)44-32-16-5-6-17-33(32)45(38-28-31(26-27-34(38)44)30-14-3-2-4-15-30)37-20-13-25-43-46(37)36-19-8-12-24-42(36)49-43/h2-28H,1H3. The van der Waals surface area contributed by atoms with E-state index in [2.05, 4.69) is 169 Å². The zero-order valence-electron chi connectivity index (χ0n) is 26.9. The molecule has 10 aromatic rings. The molecular weight excluding hydrogens is 597 g/mol. The fourth-order valence-electron chi connectivity index (χ4n) is 7.88. The minimum atomic E-state index is 0.895. The lowest BCUT2D eigenvalue weighted by Gasteiger charge is -2.21. The van der Waals surface area contributed by atoms with Gasteiger partial charge in [0.15, 0.2) is 0 Å². The Morgan fingerprint density at radius 1 is 0.469 bits per heavy atom. The highest BCUT2D eigenvalue weighted by atomic mass is 16.3. The van der Waals surface area contributed by atoms with Crippen LogP contribution < -0.4 is 0 Å². The topological polar surface area (TPSA) is 31.0 Å². The summed E-state index contributed by atoms with van der Waals surface area (Å²) < 4.78 is 8.72. The highest BCUT2D eigenvalue weighted by Crippen LogP contribution is 2.48. The normalized spacial score (nSPS) is 11.8. The fraction of sp³-hybridized carbons (Fsp3) is 0.0217. The number of aromatic nitrogens is 2. The van der Waals surface area contributed by atoms with Crippen LogP contribution in [0.1, 0.15) is 5.82 Å². The lowest BCUT2D eigenvalue weighted by Crippen LogP contribution is -2.01. The zero-order chi connectivity index (χ0) is 32.5. The molecule has 230 valence electrons. The SMILES string of the molecule is Cc1nc2ccccc2n1-c1ccccc1-c1c2ccccc2c(-c2cccc3oc4ccccc4c23)c2cc(-c3ccccc3)ccc12. The van der Waals surface area contributed by atoms with E-state index in [4.69, 9.17) is 9.40 Å². The van der Waals surface area contributed by atoms with Crippen molar-refractivity contribution in [2.45, 2.75) is 6.92 Å². The number of hydrogen-bond donors (Lipinski definition) is 0. The molecule has 3 heteroatoms. The average Bonchev–Trinajstić information content (AvgIpc) is 3.71. The third-order valence-corrected chi connectivity index (χ3v) is 9.95. The average molecular weight is 627 g/mol. The van der Waals surface area contributed by atoms with E-state index in [1.807, 2.05) is 6.07 Å². The van der Waals surface area contributed by atoms with Crippen molar-refractivity contribution in [2.24, 2.45) is 0 Å². The minimum absolute atomic E-state index is 0.895. The third kappa shape index (κ3) is 4.19. The summed E-state index contributed by atoms with van der Waals surface area (Å²) in [4.78, 5) is 4.95. The maximum Gasteiger partial charge on any atom is 0.136 e. The molecule has 0 aliphatic carbocycles. The number of fused-ring (bicyclic) bond motifs is 6. The van der Waals surface area contributed by atoms with Gasteiger partial charge in [-0.05, 0) is 92.7 Å². The number of furan rings is 1. The van der Waals surface area contributed by atoms with Gasteiger partial charge < -0.3 is 4.42 Å². The van der Waals surface area contributed by atoms with E-state index in [9.17, 15) is 0 Å². The smallest absolute Gasteiger partial charge is 0.136 e. The molecule has 10 rings (SSSR count). The Hall–Kier alpha value is -6.45. The first kappa shape index (κ1) is 27.6. The fourth-order valence-corrected chi connectivity index (χ4v) is 7.88. The number of aryl methyl sites for hydroxylation is 1. The van der Waals surface area contributed by atoms with Crippen LogP contribution in [0.5, 0.6) is 0 Å². The van der Waals surface area contributed by atoms with Gasteiger partial charge in [0.05, 0.1) is 16.7 Å². The number of para-hydroxylation sites is 4. The van der Waals surface area contributed by atoms with Gasteiger partial charge in [0.2, 0.25) is 0 Å². The van der Waals surface area contributed by atoms with Crippen molar-refractivity contribution in [3.05, 3.63) is 170 Å². The van der Waals surface area contributed by atoms with Crippen molar-refractivity contribution in [3.8, 4) is 39.1 Å². The van der Waals surface area contributed by atoms with Crippen molar-refractivity contribution in [1.29, 1.82) is 0 Å². The molecule has 0 atom stereocenters. The van der Waals surface area contributed by atoms with E-state index in [0.717, 1.165) is 44.5 Å². The number of rotatable bonds is 4. The molecule has 0 aliphatic heterocycles. The highest BCUT2D eigenvalue weighted by Gasteiger charge is 2.23. The molecule has 8 aromatic carbocycles. The predicted octanol–water partition coefficient (Wildman–Crippen LogP) is 12.5. The molecule has 0 amide bonds. The van der Waals surface area contributed by atoms with Gasteiger partial charge in [0.25, 0.3) is 0 Å². The molecule has 0 saturated carbocycles. The van der Waals surface area contributed by atoms with E-state index in [0.29, 0.717) is 0 Å². The molecule has 0 radical (unpaired) electrons. The molecule has 0 saturated heterocycles. The maximum atomic E-state index is 6.42. The Balaban J connectivity index is 1.38. The van der Waals surface area contributed by atoms with Gasteiger partial charge >= 0.3 is 0 Å². The summed E-state index contributed by atoms with van der Waals surface area (Å²) in [6.45, 7) is 2.10. The lowest BCUT2D eigenvalue weighted by atomic mass is 9.83. The molecular formula is C46H30N2O. The van der Waals surface area contributed by atoms with E-state index in [-0.39, 0.29) is 0 Å². The van der Waals surface area contributed by atoms with Crippen molar-refractivity contribution in [1.82, 2.24) is 9.55 Å². The Morgan fingerprint density at radius 2 is 1.10 bits per heavy atom. The van der Waals surface area contributed by atoms with Gasteiger partial charge in [-0.1, -0.05) is 127 Å². The van der Waals surface area contributed by atoms with Crippen LogP contribution in [0.2, 0.25) is 0 Å². The van der Waals surface area contributed by atoms with Crippen LogP contribution in [0.15, 0.2) is 168 Å². The van der Waals surface area contributed by atoms with Crippen molar-refractivity contribution < 1.29 is 4.42 Å². The second kappa shape index (κ2) is 10.8. The first-order chi connectivity index (χ1) is 24.2. The third-order valence-electron chi connectivity index (χ3n) is 9.95. The number of hydrogen-bond acceptors (Lipinski definition) is 2. The molecule has 0 N–H and O–H groups in total. The van der Waals surface area contributed by atoms with Gasteiger partial charge in [0.1, 0.15) is 17.0 Å². The van der Waals surface area contributed by atoms with Crippen LogP contribution in [0.4, 0.5) is 0 Å². The largest absolute Gasteiger partial charge is 0.456 e. The monoisotopic (exact) mass is 626 g/mol. The molecule has 3 nitrogen and oxygen atoms in total. The molecule has 0 aliphatic rings. The van der Waals surface area contributed by atoms with Crippen LogP contribution in [0.3, 0.4) is 0 Å². The van der Waals surface area contributed by atoms with E-state index < -0.39 is 0 Å². The Kier molecular flexibility index (Phi) is 6.09. The summed E-state index contributed by atoms with van der Waals surface area (Å²) >= 11 is 0. The number of imidazole rings is 1. The molecule has 0 fully saturated rings. The van der Waals surface area contributed by atoms with E-state index in [1.165, 1.54) is 54.9 Å². The first-order valence-corrected chi connectivity index (χ1v) is 16.7. The summed E-state index contributed by atoms with van der Waals surface area (Å²) in [6.07, 6.45) is 0. The zero-order valence-corrected chi connectivity index (χ0v) is 26.9. The van der Waals surface area contributed by atoms with Crippen LogP contribution >= 0.6 is 0 Å². The highest BCUT2D eigenvalue weighted by molar-refractivity contribution is 6.26. The Morgan fingerprint density at radius 3 is 1.96 bits per heavy atom. The van der Waals surface area contributed by atoms with Crippen LogP contribution in [0.25, 0.3) is 93.6 Å². The van der Waals surface area contributed by atoms with Gasteiger partial charge in [-0.3, -0.25) is 4.57 Å². The molecule has 2 heterocycles. The molecule has 2 aromatic heterocycles. The molecule has 0 unspecified atom stereocenters. The minimum Gasteiger partial charge on any atom is -0.456 e. The molecule has 0 spiro atoms. The molecule has 49 heavy (non-hydrogen) atoms. The summed E-state index contributed by atoms with van der Waals surface area (Å²) in [5.41, 5.74) is 12.1. The Bertz CT molecular complexity index is 2890. The molecule has 0 bridgehead atoms. The lowest BCUT2D eigenvalue weighted by molar-refractivity contribution is 0.669. The van der Waals surface area contributed by atoms with Gasteiger partial charge in [-0.25, -0.2) is 4.98 Å². The summed E-state index contributed by atoms with van der Waals surface area (Å²) in [7, 11) is 0. The Labute approximate surface area is 283 Å². The van der Waals surface area contributed by atoms with E-state index >= 15 is 0 Å². The van der Waals surface area contributed by atoms with Crippen LogP contribution in [-0.2, 0) is 0 Å². The van der Waals surface area contributed by atoms with Crippen molar-refractivity contribution in [3.63, 3.8) is 0 Å². The van der Waals surface area contributed by atoms with E-state index in [1.54, 1.807) is 0 Å². The van der Waals surface area contributed by atoms with Gasteiger partial charge in [-0.15, -0.1) is 0 Å². The quantitative estimate of drug-likeness (QED) is 0.182.